The lowest BCUT2D eigenvalue weighted by molar-refractivity contribution is -0.132. The van der Waals surface area contributed by atoms with Gasteiger partial charge in [-0.15, -0.1) is 0 Å². The summed E-state index contributed by atoms with van der Waals surface area (Å²) >= 11 is 0. The number of carbonyl (C=O) groups is 2. The van der Waals surface area contributed by atoms with Gasteiger partial charge in [-0.25, -0.2) is 18.2 Å². The highest BCUT2D eigenvalue weighted by Gasteiger charge is 2.61. The Labute approximate surface area is 293 Å². The molecule has 6 rings (SSSR count). The molecule has 2 amide bonds. The van der Waals surface area contributed by atoms with Gasteiger partial charge >= 0.3 is 6.09 Å². The number of hydrogen-bond donors (Lipinski definition) is 0. The minimum Gasteiger partial charge on any atom is -0.495 e. The van der Waals surface area contributed by atoms with Crippen LogP contribution in [0.25, 0.3) is 0 Å². The second kappa shape index (κ2) is 14.3. The Hall–Kier alpha value is -4.67. The number of ether oxygens (including phenoxy) is 3. The van der Waals surface area contributed by atoms with Gasteiger partial charge in [0.1, 0.15) is 10.6 Å². The molecule has 50 heavy (non-hydrogen) atoms. The van der Waals surface area contributed by atoms with Gasteiger partial charge in [-0.3, -0.25) is 4.79 Å². The van der Waals surface area contributed by atoms with Crippen molar-refractivity contribution in [3.8, 4) is 17.7 Å². The van der Waals surface area contributed by atoms with Crippen molar-refractivity contribution in [2.24, 2.45) is 11.8 Å². The lowest BCUT2D eigenvalue weighted by atomic mass is 9.78. The van der Waals surface area contributed by atoms with E-state index in [0.29, 0.717) is 35.3 Å². The van der Waals surface area contributed by atoms with Crippen LogP contribution in [0.5, 0.6) is 11.6 Å². The fourth-order valence-corrected chi connectivity index (χ4v) is 9.20. The summed E-state index contributed by atoms with van der Waals surface area (Å²) in [6.07, 6.45) is 4.53. The van der Waals surface area contributed by atoms with Crippen LogP contribution < -0.4 is 13.8 Å². The molecule has 1 atom stereocenters. The van der Waals surface area contributed by atoms with Crippen molar-refractivity contribution in [3.63, 3.8) is 0 Å². The largest absolute Gasteiger partial charge is 0.495 e. The van der Waals surface area contributed by atoms with E-state index in [4.69, 9.17) is 14.2 Å². The lowest BCUT2D eigenvalue weighted by Gasteiger charge is -2.41. The van der Waals surface area contributed by atoms with Gasteiger partial charge in [0.2, 0.25) is 5.88 Å². The Morgan fingerprint density at radius 3 is 2.32 bits per heavy atom. The van der Waals surface area contributed by atoms with E-state index in [1.807, 2.05) is 0 Å². The summed E-state index contributed by atoms with van der Waals surface area (Å²) in [7, 11) is -3.32. The first-order valence-electron chi connectivity index (χ1n) is 17.1. The van der Waals surface area contributed by atoms with Crippen LogP contribution in [0.15, 0.2) is 65.7 Å². The number of nitrogens with zero attached hydrogens (tertiary/aromatic N) is 5. The molecule has 2 saturated heterocycles. The molecular formula is C37H43N5O7S. The van der Waals surface area contributed by atoms with E-state index in [-0.39, 0.29) is 45.5 Å². The molecule has 1 unspecified atom stereocenters. The van der Waals surface area contributed by atoms with E-state index in [2.05, 4.69) is 29.8 Å². The van der Waals surface area contributed by atoms with Gasteiger partial charge in [0.25, 0.3) is 21.5 Å². The van der Waals surface area contributed by atoms with E-state index in [1.54, 1.807) is 24.0 Å². The maximum atomic E-state index is 15.1. The minimum atomic E-state index is -4.65. The zero-order valence-corrected chi connectivity index (χ0v) is 29.7. The third-order valence-electron chi connectivity index (χ3n) is 10.2. The maximum absolute atomic E-state index is 15.1. The highest BCUT2D eigenvalue weighted by Crippen LogP contribution is 2.52. The fourth-order valence-electron chi connectivity index (χ4n) is 7.58. The molecule has 4 heterocycles. The van der Waals surface area contributed by atoms with Gasteiger partial charge in [-0.1, -0.05) is 12.1 Å². The molecule has 3 aliphatic heterocycles. The number of fused-ring (bicyclic) bond motifs is 1. The molecule has 0 saturated carbocycles. The van der Waals surface area contributed by atoms with E-state index in [0.717, 1.165) is 38.8 Å². The molecule has 2 aromatic carbocycles. The number of sulfonamides is 1. The van der Waals surface area contributed by atoms with Gasteiger partial charge in [-0.2, -0.15) is 9.57 Å². The minimum absolute atomic E-state index is 0.00699. The van der Waals surface area contributed by atoms with Crippen LogP contribution in [0.1, 0.15) is 63.1 Å². The number of aromatic nitrogens is 1. The molecule has 0 spiro atoms. The topological polar surface area (TPSA) is 142 Å². The summed E-state index contributed by atoms with van der Waals surface area (Å²) in [6.45, 7) is 9.35. The molecule has 12 nitrogen and oxygen atoms in total. The number of methoxy groups -OCH3 is 1. The summed E-state index contributed by atoms with van der Waals surface area (Å²) < 4.78 is 47.1. The van der Waals surface area contributed by atoms with E-state index < -0.39 is 27.6 Å². The Balaban J connectivity index is 1.40. The number of benzene rings is 2. The van der Waals surface area contributed by atoms with Gasteiger partial charge in [0.05, 0.1) is 36.6 Å². The smallest absolute Gasteiger partial charge is 0.411 e. The predicted octanol–water partition coefficient (Wildman–Crippen LogP) is 5.31. The number of para-hydroxylation sites is 1. The molecule has 0 bridgehead atoms. The van der Waals surface area contributed by atoms with Crippen LogP contribution in [0.4, 0.5) is 10.5 Å². The SMILES string of the molecule is CCOc1ncccc1C1(OC(=O)N2CCC(C3CCN(C(C)C)CC3)CC2)C(=O)N(S(=O)(=O)c2ccccc2OC)c2ccc(C#N)cc21. The van der Waals surface area contributed by atoms with Gasteiger partial charge < -0.3 is 24.0 Å². The van der Waals surface area contributed by atoms with Crippen LogP contribution in [-0.2, 0) is 25.2 Å². The monoisotopic (exact) mass is 701 g/mol. The summed E-state index contributed by atoms with van der Waals surface area (Å²) in [6, 6.07) is 15.8. The molecular weight excluding hydrogens is 659 g/mol. The summed E-state index contributed by atoms with van der Waals surface area (Å²) in [5, 5.41) is 9.91. The summed E-state index contributed by atoms with van der Waals surface area (Å²) in [4.78, 5) is 37.5. The predicted molar refractivity (Wildman–Crippen MR) is 185 cm³/mol. The molecule has 0 N–H and O–H groups in total. The summed E-state index contributed by atoms with van der Waals surface area (Å²) in [5.74, 6) is 0.00738. The van der Waals surface area contributed by atoms with Crippen molar-refractivity contribution >= 4 is 27.7 Å². The van der Waals surface area contributed by atoms with Crippen LogP contribution in [0, 0.1) is 23.2 Å². The first kappa shape index (κ1) is 35.2. The molecule has 2 fully saturated rings. The second-order valence-corrected chi connectivity index (χ2v) is 15.0. The van der Waals surface area contributed by atoms with Crippen LogP contribution in [-0.4, -0.2) is 81.1 Å². The number of likely N-dealkylation sites (tertiary alicyclic amines) is 2. The van der Waals surface area contributed by atoms with Gasteiger partial charge in [-0.05, 0) is 114 Å². The van der Waals surface area contributed by atoms with E-state index >= 15 is 4.79 Å². The number of amides is 2. The van der Waals surface area contributed by atoms with Crippen molar-refractivity contribution in [1.29, 1.82) is 5.26 Å². The highest BCUT2D eigenvalue weighted by atomic mass is 32.2. The standard InChI is InChI=1S/C37H43N5O7S/c1-5-48-34-29(9-8-18-39-34)37(49-36(44)41-21-16-28(17-22-41)27-14-19-40(20-15-27)25(2)3)30-23-26(24-38)12-13-31(30)42(35(37)43)50(45,46)33-11-7-6-10-32(33)47-4/h6-13,18,23,25,27-28H,5,14-17,19-22H2,1-4H3. The normalized spacial score (nSPS) is 20.4. The zero-order chi connectivity index (χ0) is 35.6. The van der Waals surface area contributed by atoms with Crippen molar-refractivity contribution in [2.45, 2.75) is 63.0 Å². The number of piperidine rings is 2. The van der Waals surface area contributed by atoms with E-state index in [1.165, 1.54) is 55.8 Å². The second-order valence-electron chi connectivity index (χ2n) is 13.2. The molecule has 1 aromatic heterocycles. The van der Waals surface area contributed by atoms with Gasteiger partial charge in [0.15, 0.2) is 0 Å². The van der Waals surface area contributed by atoms with Crippen molar-refractivity contribution in [3.05, 3.63) is 77.5 Å². The molecule has 13 heteroatoms. The van der Waals surface area contributed by atoms with Gasteiger partial charge in [0, 0.05) is 30.9 Å². The molecule has 0 aliphatic carbocycles. The third-order valence-corrected chi connectivity index (χ3v) is 12.0. The Morgan fingerprint density at radius 1 is 1.00 bits per heavy atom. The Kier molecular flexibility index (Phi) is 10.0. The lowest BCUT2D eigenvalue weighted by Crippen LogP contribution is -2.50. The number of nitriles is 1. The molecule has 3 aliphatic rings. The fraction of sp³-hybridized carbons (Fsp3) is 0.459. The summed E-state index contributed by atoms with van der Waals surface area (Å²) in [5.41, 5.74) is -2.23. The number of hydrogen-bond acceptors (Lipinski definition) is 10. The van der Waals surface area contributed by atoms with Crippen molar-refractivity contribution in [1.82, 2.24) is 14.8 Å². The number of anilines is 1. The highest BCUT2D eigenvalue weighted by molar-refractivity contribution is 7.93. The van der Waals surface area contributed by atoms with Crippen LogP contribution in [0.3, 0.4) is 0 Å². The first-order chi connectivity index (χ1) is 24.1. The van der Waals surface area contributed by atoms with Crippen molar-refractivity contribution in [2.75, 3.05) is 44.2 Å². The number of carbonyl (C=O) groups excluding carboxylic acids is 2. The van der Waals surface area contributed by atoms with Crippen molar-refractivity contribution < 1.29 is 32.2 Å². The zero-order valence-electron chi connectivity index (χ0n) is 28.9. The first-order valence-corrected chi connectivity index (χ1v) is 18.6. The Bertz CT molecular complexity index is 1900. The molecule has 264 valence electrons. The average molecular weight is 702 g/mol. The van der Waals surface area contributed by atoms with Crippen LogP contribution >= 0.6 is 0 Å². The quantitative estimate of drug-likeness (QED) is 0.288. The van der Waals surface area contributed by atoms with Crippen LogP contribution in [0.2, 0.25) is 0 Å². The Morgan fingerprint density at radius 2 is 1.68 bits per heavy atom. The molecule has 3 aromatic rings. The average Bonchev–Trinajstić information content (AvgIpc) is 3.39. The number of pyridine rings is 1. The third kappa shape index (κ3) is 6.15. The number of rotatable bonds is 9. The molecule has 0 radical (unpaired) electrons. The maximum Gasteiger partial charge on any atom is 0.411 e. The van der Waals surface area contributed by atoms with E-state index in [9.17, 15) is 18.5 Å².